The van der Waals surface area contributed by atoms with Crippen LogP contribution in [0.3, 0.4) is 0 Å². The highest BCUT2D eigenvalue weighted by atomic mass is 35.5. The molecule has 0 aliphatic rings. The maximum Gasteiger partial charge on any atom is 0.352 e. The van der Waals surface area contributed by atoms with Gasteiger partial charge in [-0.05, 0) is 29.3 Å². The van der Waals surface area contributed by atoms with Gasteiger partial charge in [-0.25, -0.2) is 13.2 Å². The van der Waals surface area contributed by atoms with Crippen LogP contribution in [0.1, 0.15) is 22.9 Å². The first-order valence-electron chi connectivity index (χ1n) is 11.3. The van der Waals surface area contributed by atoms with Crippen molar-refractivity contribution in [1.82, 2.24) is 14.3 Å². The number of benzene rings is 3. The van der Waals surface area contributed by atoms with E-state index in [1.807, 2.05) is 18.2 Å². The van der Waals surface area contributed by atoms with Crippen molar-refractivity contribution < 1.29 is 13.2 Å². The average Bonchev–Trinajstić information content (AvgIpc) is 2.88. The highest BCUT2D eigenvalue weighted by Crippen LogP contribution is 2.29. The van der Waals surface area contributed by atoms with Gasteiger partial charge in [0, 0.05) is 18.7 Å². The zero-order chi connectivity index (χ0) is 26.7. The van der Waals surface area contributed by atoms with Crippen LogP contribution in [-0.2, 0) is 22.8 Å². The van der Waals surface area contributed by atoms with Crippen LogP contribution >= 0.6 is 11.6 Å². The summed E-state index contributed by atoms with van der Waals surface area (Å²) >= 11 is 6.49. The Morgan fingerprint density at radius 1 is 1.00 bits per heavy atom. The van der Waals surface area contributed by atoms with Crippen LogP contribution in [0.15, 0.2) is 87.3 Å². The fourth-order valence-corrected chi connectivity index (χ4v) is 5.23. The molecule has 0 saturated heterocycles. The molecule has 0 aliphatic carbocycles. The van der Waals surface area contributed by atoms with Gasteiger partial charge in [0.25, 0.3) is 5.56 Å². The van der Waals surface area contributed by atoms with E-state index in [1.165, 1.54) is 13.2 Å². The number of aromatic nitrogens is 3. The third kappa shape index (κ3) is 5.51. The first-order chi connectivity index (χ1) is 17.6. The van der Waals surface area contributed by atoms with Crippen LogP contribution in [0.4, 0.5) is 0 Å². The Balaban J connectivity index is 1.93. The number of methoxy groups -OCH3 is 1. The standard InChI is InChI=1S/C26H25ClN4O5S/c1-36-22-13-8-12-21(24(22)27)31-26(33)30(16-19(28)17-9-4-3-5-10-17)25(32)20(29-31)15-18-11-6-7-14-23(18)37(2,34)35/h3-14,19H,15-16,28H2,1-2H3. The molecule has 0 amide bonds. The van der Waals surface area contributed by atoms with E-state index in [2.05, 4.69) is 5.10 Å². The van der Waals surface area contributed by atoms with Crippen molar-refractivity contribution in [3.05, 3.63) is 115 Å². The molecule has 0 radical (unpaired) electrons. The molecule has 1 heterocycles. The fraction of sp³-hybridized carbons (Fsp3) is 0.192. The SMILES string of the molecule is COc1cccc(-n2nc(Cc3ccccc3S(C)(=O)=O)c(=O)n(CC(N)c3ccccc3)c2=O)c1Cl. The lowest BCUT2D eigenvalue weighted by molar-refractivity contribution is 0.414. The van der Waals surface area contributed by atoms with Gasteiger partial charge in [-0.15, -0.1) is 0 Å². The maximum absolute atomic E-state index is 13.6. The molecule has 0 aliphatic heterocycles. The fourth-order valence-electron chi connectivity index (χ4n) is 4.01. The summed E-state index contributed by atoms with van der Waals surface area (Å²) in [5.74, 6) is 0.315. The molecule has 4 rings (SSSR count). The molecular weight excluding hydrogens is 516 g/mol. The summed E-state index contributed by atoms with van der Waals surface area (Å²) in [6.45, 7) is -0.132. The van der Waals surface area contributed by atoms with Gasteiger partial charge >= 0.3 is 5.69 Å². The lowest BCUT2D eigenvalue weighted by Gasteiger charge is -2.17. The average molecular weight is 541 g/mol. The molecular formula is C26H25ClN4O5S. The van der Waals surface area contributed by atoms with Crippen molar-refractivity contribution >= 4 is 21.4 Å². The number of hydrogen-bond acceptors (Lipinski definition) is 7. The summed E-state index contributed by atoms with van der Waals surface area (Å²) in [5.41, 5.74) is 6.20. The number of sulfone groups is 1. The molecule has 0 bridgehead atoms. The molecule has 192 valence electrons. The van der Waals surface area contributed by atoms with E-state index in [4.69, 9.17) is 22.1 Å². The van der Waals surface area contributed by atoms with Crippen LogP contribution in [0.5, 0.6) is 5.75 Å². The first-order valence-corrected chi connectivity index (χ1v) is 13.5. The topological polar surface area (TPSA) is 126 Å². The normalized spacial score (nSPS) is 12.3. The van der Waals surface area contributed by atoms with Crippen LogP contribution < -0.4 is 21.7 Å². The lowest BCUT2D eigenvalue weighted by Crippen LogP contribution is -2.45. The minimum absolute atomic E-state index is 0.0464. The van der Waals surface area contributed by atoms with Crippen LogP contribution in [0.25, 0.3) is 5.69 Å². The molecule has 1 aromatic heterocycles. The van der Waals surface area contributed by atoms with E-state index >= 15 is 0 Å². The molecule has 4 aromatic rings. The van der Waals surface area contributed by atoms with E-state index in [-0.39, 0.29) is 34.3 Å². The van der Waals surface area contributed by atoms with E-state index in [0.717, 1.165) is 21.1 Å². The largest absolute Gasteiger partial charge is 0.495 e. The van der Waals surface area contributed by atoms with Gasteiger partial charge in [0.2, 0.25) is 0 Å². The minimum atomic E-state index is -3.58. The Morgan fingerprint density at radius 3 is 2.35 bits per heavy atom. The summed E-state index contributed by atoms with van der Waals surface area (Å²) in [5, 5.41) is 4.46. The Bertz CT molecular complexity index is 1670. The Labute approximate surface area is 218 Å². The lowest BCUT2D eigenvalue weighted by atomic mass is 10.1. The highest BCUT2D eigenvalue weighted by molar-refractivity contribution is 7.90. The predicted octanol–water partition coefficient (Wildman–Crippen LogP) is 2.75. The van der Waals surface area contributed by atoms with Crippen molar-refractivity contribution in [3.8, 4) is 11.4 Å². The second-order valence-electron chi connectivity index (χ2n) is 8.42. The quantitative estimate of drug-likeness (QED) is 0.364. The summed E-state index contributed by atoms with van der Waals surface area (Å²) in [7, 11) is -2.14. The van der Waals surface area contributed by atoms with Gasteiger partial charge in [0.1, 0.15) is 16.5 Å². The summed E-state index contributed by atoms with van der Waals surface area (Å²) < 4.78 is 32.0. The zero-order valence-corrected chi connectivity index (χ0v) is 21.7. The summed E-state index contributed by atoms with van der Waals surface area (Å²) in [6, 6.07) is 19.6. The maximum atomic E-state index is 13.6. The second-order valence-corrected chi connectivity index (χ2v) is 10.8. The number of nitrogens with two attached hydrogens (primary N) is 1. The number of rotatable bonds is 8. The van der Waals surface area contributed by atoms with Gasteiger partial charge in [-0.1, -0.05) is 66.2 Å². The molecule has 0 fully saturated rings. The first kappa shape index (κ1) is 26.3. The second kappa shape index (κ2) is 10.7. The molecule has 9 nitrogen and oxygen atoms in total. The molecule has 11 heteroatoms. The van der Waals surface area contributed by atoms with Crippen molar-refractivity contribution in [3.63, 3.8) is 0 Å². The molecule has 2 N–H and O–H groups in total. The summed E-state index contributed by atoms with van der Waals surface area (Å²) in [4.78, 5) is 27.2. The van der Waals surface area contributed by atoms with Gasteiger partial charge in [0.15, 0.2) is 9.84 Å². The van der Waals surface area contributed by atoms with Crippen molar-refractivity contribution in [2.75, 3.05) is 13.4 Å². The van der Waals surface area contributed by atoms with Gasteiger partial charge in [-0.2, -0.15) is 9.78 Å². The van der Waals surface area contributed by atoms with Gasteiger partial charge in [0.05, 0.1) is 24.2 Å². The third-order valence-electron chi connectivity index (χ3n) is 5.85. The summed E-state index contributed by atoms with van der Waals surface area (Å²) in [6.07, 6.45) is 0.956. The van der Waals surface area contributed by atoms with E-state index in [9.17, 15) is 18.0 Å². The van der Waals surface area contributed by atoms with E-state index < -0.39 is 27.1 Å². The van der Waals surface area contributed by atoms with Crippen molar-refractivity contribution in [2.45, 2.75) is 23.9 Å². The predicted molar refractivity (Wildman–Crippen MR) is 141 cm³/mol. The smallest absolute Gasteiger partial charge is 0.352 e. The highest BCUT2D eigenvalue weighted by Gasteiger charge is 2.22. The van der Waals surface area contributed by atoms with E-state index in [0.29, 0.717) is 11.3 Å². The van der Waals surface area contributed by atoms with Crippen LogP contribution in [-0.4, -0.2) is 36.1 Å². The molecule has 0 spiro atoms. The molecule has 37 heavy (non-hydrogen) atoms. The van der Waals surface area contributed by atoms with Gasteiger partial charge in [-0.3, -0.25) is 9.36 Å². The minimum Gasteiger partial charge on any atom is -0.495 e. The van der Waals surface area contributed by atoms with Crippen molar-refractivity contribution in [1.29, 1.82) is 0 Å². The Hall–Kier alpha value is -3.73. The number of nitrogens with zero attached hydrogens (tertiary/aromatic N) is 3. The van der Waals surface area contributed by atoms with Crippen molar-refractivity contribution in [2.24, 2.45) is 5.73 Å². The zero-order valence-electron chi connectivity index (χ0n) is 20.2. The van der Waals surface area contributed by atoms with Crippen LogP contribution in [0.2, 0.25) is 5.02 Å². The Kier molecular flexibility index (Phi) is 7.63. The monoisotopic (exact) mass is 540 g/mol. The molecule has 1 atom stereocenters. The molecule has 3 aromatic carbocycles. The molecule has 1 unspecified atom stereocenters. The number of halogens is 1. The van der Waals surface area contributed by atoms with Gasteiger partial charge < -0.3 is 10.5 Å². The third-order valence-corrected chi connectivity index (χ3v) is 7.43. The number of ether oxygens (including phenoxy) is 1. The van der Waals surface area contributed by atoms with Crippen LogP contribution in [0, 0.1) is 0 Å². The molecule has 0 saturated carbocycles. The Morgan fingerprint density at radius 2 is 1.68 bits per heavy atom. The number of hydrogen-bond donors (Lipinski definition) is 1. The van der Waals surface area contributed by atoms with E-state index in [1.54, 1.807) is 48.5 Å².